The van der Waals surface area contributed by atoms with E-state index in [2.05, 4.69) is 19.2 Å². The van der Waals surface area contributed by atoms with Crippen molar-refractivity contribution in [2.24, 2.45) is 5.92 Å². The number of carbonyl (C=O) groups excluding carboxylic acids is 1. The average molecular weight is 284 g/mol. The lowest BCUT2D eigenvalue weighted by Gasteiger charge is -2.08. The maximum atomic E-state index is 11.8. The lowest BCUT2D eigenvalue weighted by atomic mass is 10.1. The van der Waals surface area contributed by atoms with Gasteiger partial charge in [-0.05, 0) is 30.0 Å². The van der Waals surface area contributed by atoms with Crippen LogP contribution in [0.3, 0.4) is 0 Å². The summed E-state index contributed by atoms with van der Waals surface area (Å²) in [4.78, 5) is 11.8. The van der Waals surface area contributed by atoms with Crippen LogP contribution in [0.4, 0.5) is 0 Å². The highest BCUT2D eigenvalue weighted by atomic mass is 35.5. The molecule has 1 aromatic carbocycles. The van der Waals surface area contributed by atoms with Crippen molar-refractivity contribution >= 4 is 17.5 Å². The number of alkyl halides is 1. The zero-order valence-electron chi connectivity index (χ0n) is 11.6. The monoisotopic (exact) mass is 283 g/mol. The van der Waals surface area contributed by atoms with Gasteiger partial charge in [-0.1, -0.05) is 26.0 Å². The van der Waals surface area contributed by atoms with Crippen LogP contribution in [0, 0.1) is 5.92 Å². The largest absolute Gasteiger partial charge is 0.381 e. The molecular formula is C15H22ClNO2. The number of carbonyl (C=O) groups is 1. The van der Waals surface area contributed by atoms with Crippen LogP contribution >= 0.6 is 11.6 Å². The van der Waals surface area contributed by atoms with E-state index in [1.807, 2.05) is 12.1 Å². The van der Waals surface area contributed by atoms with Gasteiger partial charge in [0.05, 0.1) is 0 Å². The standard InChI is InChI=1S/C15H22ClNO2/c1-12(2)11-19-9-3-8-17-15(18)14-6-4-13(10-16)5-7-14/h4-7,12H,3,8-11H2,1-2H3,(H,17,18). The Balaban J connectivity index is 2.20. The number of hydrogen-bond donors (Lipinski definition) is 1. The first-order valence-electron chi connectivity index (χ1n) is 6.64. The van der Waals surface area contributed by atoms with Crippen LogP contribution in [-0.2, 0) is 10.6 Å². The molecule has 4 heteroatoms. The zero-order valence-corrected chi connectivity index (χ0v) is 12.4. The summed E-state index contributed by atoms with van der Waals surface area (Å²) in [5, 5.41) is 2.87. The summed E-state index contributed by atoms with van der Waals surface area (Å²) in [6, 6.07) is 7.33. The first-order chi connectivity index (χ1) is 9.13. The maximum absolute atomic E-state index is 11.8. The summed E-state index contributed by atoms with van der Waals surface area (Å²) in [5.41, 5.74) is 1.68. The molecule has 0 unspecified atom stereocenters. The van der Waals surface area contributed by atoms with Crippen LogP contribution < -0.4 is 5.32 Å². The van der Waals surface area contributed by atoms with Crippen molar-refractivity contribution in [1.29, 1.82) is 0 Å². The SMILES string of the molecule is CC(C)COCCCNC(=O)c1ccc(CCl)cc1. The smallest absolute Gasteiger partial charge is 0.251 e. The van der Waals surface area contributed by atoms with Crippen LogP contribution in [0.2, 0.25) is 0 Å². The Morgan fingerprint density at radius 1 is 1.32 bits per heavy atom. The summed E-state index contributed by atoms with van der Waals surface area (Å²) in [5.74, 6) is 0.967. The van der Waals surface area contributed by atoms with Gasteiger partial charge in [0.2, 0.25) is 0 Å². The van der Waals surface area contributed by atoms with Gasteiger partial charge in [0.15, 0.2) is 0 Å². The molecule has 0 heterocycles. The topological polar surface area (TPSA) is 38.3 Å². The zero-order chi connectivity index (χ0) is 14.1. The van der Waals surface area contributed by atoms with E-state index in [1.54, 1.807) is 12.1 Å². The van der Waals surface area contributed by atoms with Gasteiger partial charge in [-0.3, -0.25) is 4.79 Å². The van der Waals surface area contributed by atoms with Crippen molar-refractivity contribution in [3.05, 3.63) is 35.4 Å². The third kappa shape index (κ3) is 6.60. The third-order valence-corrected chi connectivity index (χ3v) is 2.88. The number of hydrogen-bond acceptors (Lipinski definition) is 2. The summed E-state index contributed by atoms with van der Waals surface area (Å²) < 4.78 is 5.45. The normalized spacial score (nSPS) is 10.7. The number of rotatable bonds is 8. The van der Waals surface area contributed by atoms with E-state index >= 15 is 0 Å². The van der Waals surface area contributed by atoms with Crippen LogP contribution in [-0.4, -0.2) is 25.7 Å². The molecule has 0 aliphatic rings. The quantitative estimate of drug-likeness (QED) is 0.588. The second kappa shape index (κ2) is 8.94. The Hall–Kier alpha value is -1.06. The van der Waals surface area contributed by atoms with Gasteiger partial charge in [0.1, 0.15) is 0 Å². The average Bonchev–Trinajstić information content (AvgIpc) is 2.42. The Bertz CT molecular complexity index is 376. The molecule has 106 valence electrons. The molecule has 19 heavy (non-hydrogen) atoms. The molecule has 0 saturated carbocycles. The van der Waals surface area contributed by atoms with Gasteiger partial charge in [-0.25, -0.2) is 0 Å². The summed E-state index contributed by atoms with van der Waals surface area (Å²) in [7, 11) is 0. The van der Waals surface area contributed by atoms with Crippen molar-refractivity contribution in [1.82, 2.24) is 5.32 Å². The van der Waals surface area contributed by atoms with E-state index in [1.165, 1.54) is 0 Å². The highest BCUT2D eigenvalue weighted by Crippen LogP contribution is 2.06. The summed E-state index contributed by atoms with van der Waals surface area (Å²) in [6.07, 6.45) is 0.832. The van der Waals surface area contributed by atoms with Gasteiger partial charge in [-0.2, -0.15) is 0 Å². The Morgan fingerprint density at radius 3 is 2.58 bits per heavy atom. The maximum Gasteiger partial charge on any atom is 0.251 e. The fourth-order valence-corrected chi connectivity index (χ4v) is 1.72. The first-order valence-corrected chi connectivity index (χ1v) is 7.17. The number of nitrogens with one attached hydrogen (secondary N) is 1. The lowest BCUT2D eigenvalue weighted by Crippen LogP contribution is -2.25. The highest BCUT2D eigenvalue weighted by molar-refractivity contribution is 6.17. The van der Waals surface area contributed by atoms with Crippen molar-refractivity contribution in [2.75, 3.05) is 19.8 Å². The van der Waals surface area contributed by atoms with Gasteiger partial charge >= 0.3 is 0 Å². The fourth-order valence-electron chi connectivity index (χ4n) is 1.54. The minimum atomic E-state index is -0.0509. The van der Waals surface area contributed by atoms with Gasteiger partial charge < -0.3 is 10.1 Å². The number of benzene rings is 1. The van der Waals surface area contributed by atoms with Crippen LogP contribution in [0.1, 0.15) is 36.2 Å². The van der Waals surface area contributed by atoms with E-state index in [-0.39, 0.29) is 5.91 Å². The van der Waals surface area contributed by atoms with Crippen LogP contribution in [0.5, 0.6) is 0 Å². The van der Waals surface area contributed by atoms with Crippen molar-refractivity contribution < 1.29 is 9.53 Å². The van der Waals surface area contributed by atoms with Crippen LogP contribution in [0.15, 0.2) is 24.3 Å². The van der Waals surface area contributed by atoms with Crippen molar-refractivity contribution in [3.8, 4) is 0 Å². The predicted octanol–water partition coefficient (Wildman–Crippen LogP) is 3.22. The van der Waals surface area contributed by atoms with E-state index in [0.717, 1.165) is 18.6 Å². The highest BCUT2D eigenvalue weighted by Gasteiger charge is 2.04. The van der Waals surface area contributed by atoms with E-state index < -0.39 is 0 Å². The summed E-state index contributed by atoms with van der Waals surface area (Å²) >= 11 is 5.70. The Kier molecular flexibility index (Phi) is 7.53. The Labute approximate surface area is 120 Å². The van der Waals surface area contributed by atoms with Crippen molar-refractivity contribution in [2.45, 2.75) is 26.1 Å². The molecule has 3 nitrogen and oxygen atoms in total. The van der Waals surface area contributed by atoms with E-state index in [4.69, 9.17) is 16.3 Å². The molecule has 0 aliphatic carbocycles. The summed E-state index contributed by atoms with van der Waals surface area (Å²) in [6.45, 7) is 6.32. The molecule has 0 bridgehead atoms. The molecule has 1 rings (SSSR count). The van der Waals surface area contributed by atoms with Gasteiger partial charge in [-0.15, -0.1) is 11.6 Å². The minimum Gasteiger partial charge on any atom is -0.381 e. The van der Waals surface area contributed by atoms with Crippen molar-refractivity contribution in [3.63, 3.8) is 0 Å². The third-order valence-electron chi connectivity index (χ3n) is 2.57. The number of amides is 1. The molecule has 0 aromatic heterocycles. The Morgan fingerprint density at radius 2 is 2.00 bits per heavy atom. The molecule has 0 saturated heterocycles. The van der Waals surface area contributed by atoms with Gasteiger partial charge in [0, 0.05) is 31.2 Å². The second-order valence-electron chi connectivity index (χ2n) is 4.91. The number of halogens is 1. The number of ether oxygens (including phenoxy) is 1. The minimum absolute atomic E-state index is 0.0509. The molecule has 1 amide bonds. The molecule has 1 N–H and O–H groups in total. The molecule has 0 atom stereocenters. The fraction of sp³-hybridized carbons (Fsp3) is 0.533. The molecule has 0 radical (unpaired) electrons. The second-order valence-corrected chi connectivity index (χ2v) is 5.18. The van der Waals surface area contributed by atoms with E-state index in [9.17, 15) is 4.79 Å². The molecule has 1 aromatic rings. The van der Waals surface area contributed by atoms with Crippen LogP contribution in [0.25, 0.3) is 0 Å². The molecular weight excluding hydrogens is 262 g/mol. The molecule has 0 spiro atoms. The molecule has 0 aliphatic heterocycles. The van der Waals surface area contributed by atoms with E-state index in [0.29, 0.717) is 30.5 Å². The molecule has 0 fully saturated rings. The predicted molar refractivity (Wildman–Crippen MR) is 78.6 cm³/mol. The first kappa shape index (κ1) is 16.0. The lowest BCUT2D eigenvalue weighted by molar-refractivity contribution is 0.0925. The van der Waals surface area contributed by atoms with Gasteiger partial charge in [0.25, 0.3) is 5.91 Å².